The molecule has 0 aromatic heterocycles. The number of amides is 1. The van der Waals surface area contributed by atoms with Gasteiger partial charge in [0.2, 0.25) is 5.91 Å². The van der Waals surface area contributed by atoms with Crippen LogP contribution in [0.5, 0.6) is 11.5 Å². The molecular formula is C27H23ClN2O4S. The highest BCUT2D eigenvalue weighted by Gasteiger charge is 2.27. The maximum atomic E-state index is 13.5. The monoisotopic (exact) mass is 506 g/mol. The molecule has 0 aliphatic rings. The van der Waals surface area contributed by atoms with Gasteiger partial charge in [-0.15, -0.1) is 0 Å². The van der Waals surface area contributed by atoms with E-state index in [0.717, 1.165) is 9.87 Å². The Labute approximate surface area is 209 Å². The van der Waals surface area contributed by atoms with Gasteiger partial charge in [0.25, 0.3) is 10.0 Å². The standard InChI is InChI=1S/C27H23ClN2O4S/c1-20-11-15-22(16-12-20)30(35(32,33)24-17-13-21(28)14-18-24)19-27(31)29-25-9-5-6-10-26(25)34-23-7-3-2-4-8-23/h2-18H,19H2,1H3,(H,29,31). The molecule has 8 heteroatoms. The first-order chi connectivity index (χ1) is 16.8. The molecule has 0 aliphatic carbocycles. The number of benzene rings is 4. The van der Waals surface area contributed by atoms with E-state index in [-0.39, 0.29) is 4.90 Å². The van der Waals surface area contributed by atoms with E-state index < -0.39 is 22.5 Å². The molecule has 0 spiro atoms. The first-order valence-electron chi connectivity index (χ1n) is 10.8. The van der Waals surface area contributed by atoms with Crippen LogP contribution in [0.1, 0.15) is 5.56 Å². The summed E-state index contributed by atoms with van der Waals surface area (Å²) < 4.78 is 34.0. The van der Waals surface area contributed by atoms with Crippen LogP contribution in [0.15, 0.2) is 108 Å². The summed E-state index contributed by atoms with van der Waals surface area (Å²) in [6, 6.07) is 28.9. The third kappa shape index (κ3) is 6.01. The van der Waals surface area contributed by atoms with E-state index in [1.807, 2.05) is 25.1 Å². The van der Waals surface area contributed by atoms with Gasteiger partial charge in [0.1, 0.15) is 12.3 Å². The summed E-state index contributed by atoms with van der Waals surface area (Å²) in [6.07, 6.45) is 0. The zero-order valence-corrected chi connectivity index (χ0v) is 20.5. The fourth-order valence-corrected chi connectivity index (χ4v) is 4.90. The second-order valence-corrected chi connectivity index (χ2v) is 10.1. The van der Waals surface area contributed by atoms with E-state index >= 15 is 0 Å². The number of carbonyl (C=O) groups is 1. The molecule has 35 heavy (non-hydrogen) atoms. The van der Waals surface area contributed by atoms with Crippen molar-refractivity contribution in [1.29, 1.82) is 0 Å². The predicted molar refractivity (Wildman–Crippen MR) is 139 cm³/mol. The van der Waals surface area contributed by atoms with Crippen molar-refractivity contribution in [2.75, 3.05) is 16.2 Å². The molecule has 0 radical (unpaired) electrons. The summed E-state index contributed by atoms with van der Waals surface area (Å²) >= 11 is 5.94. The Balaban J connectivity index is 1.61. The van der Waals surface area contributed by atoms with Crippen LogP contribution in [-0.2, 0) is 14.8 Å². The molecule has 6 nitrogen and oxygen atoms in total. The lowest BCUT2D eigenvalue weighted by atomic mass is 10.2. The fraction of sp³-hybridized carbons (Fsp3) is 0.0741. The molecule has 0 fully saturated rings. The number of ether oxygens (including phenoxy) is 1. The van der Waals surface area contributed by atoms with Gasteiger partial charge in [-0.3, -0.25) is 9.10 Å². The summed E-state index contributed by atoms with van der Waals surface area (Å²) in [5.41, 5.74) is 1.76. The third-order valence-electron chi connectivity index (χ3n) is 5.14. The third-order valence-corrected chi connectivity index (χ3v) is 7.18. The van der Waals surface area contributed by atoms with Gasteiger partial charge < -0.3 is 10.1 Å². The molecule has 0 bridgehead atoms. The van der Waals surface area contributed by atoms with E-state index in [1.54, 1.807) is 60.7 Å². The molecule has 4 aromatic carbocycles. The highest BCUT2D eigenvalue weighted by atomic mass is 35.5. The number of hydrogen-bond donors (Lipinski definition) is 1. The summed E-state index contributed by atoms with van der Waals surface area (Å²) in [5.74, 6) is 0.530. The van der Waals surface area contributed by atoms with Gasteiger partial charge in [0.05, 0.1) is 16.3 Å². The minimum absolute atomic E-state index is 0.0306. The van der Waals surface area contributed by atoms with Crippen LogP contribution in [-0.4, -0.2) is 20.9 Å². The average Bonchev–Trinajstić information content (AvgIpc) is 2.85. The Hall–Kier alpha value is -3.81. The summed E-state index contributed by atoms with van der Waals surface area (Å²) in [7, 11) is -4.05. The van der Waals surface area contributed by atoms with Crippen LogP contribution in [0.2, 0.25) is 5.02 Å². The number of sulfonamides is 1. The van der Waals surface area contributed by atoms with E-state index in [1.165, 1.54) is 24.3 Å². The van der Waals surface area contributed by atoms with Gasteiger partial charge in [-0.25, -0.2) is 8.42 Å². The molecule has 1 N–H and O–H groups in total. The zero-order chi connectivity index (χ0) is 24.8. The smallest absolute Gasteiger partial charge is 0.264 e. The topological polar surface area (TPSA) is 75.7 Å². The summed E-state index contributed by atoms with van der Waals surface area (Å²) in [5, 5.41) is 3.20. The van der Waals surface area contributed by atoms with Crippen molar-refractivity contribution in [3.05, 3.63) is 114 Å². The van der Waals surface area contributed by atoms with Crippen LogP contribution in [0.3, 0.4) is 0 Å². The second-order valence-electron chi connectivity index (χ2n) is 7.76. The Morgan fingerprint density at radius 2 is 1.49 bits per heavy atom. The normalized spacial score (nSPS) is 11.0. The van der Waals surface area contributed by atoms with Crippen LogP contribution in [0.25, 0.3) is 0 Å². The number of halogens is 1. The van der Waals surface area contributed by atoms with Crippen LogP contribution >= 0.6 is 11.6 Å². The van der Waals surface area contributed by atoms with Crippen molar-refractivity contribution in [3.63, 3.8) is 0 Å². The first-order valence-corrected chi connectivity index (χ1v) is 12.6. The van der Waals surface area contributed by atoms with Crippen LogP contribution in [0, 0.1) is 6.92 Å². The molecule has 0 atom stereocenters. The maximum Gasteiger partial charge on any atom is 0.264 e. The number of hydrogen-bond acceptors (Lipinski definition) is 4. The number of nitrogens with one attached hydrogen (secondary N) is 1. The number of carbonyl (C=O) groups excluding carboxylic acids is 1. The van der Waals surface area contributed by atoms with Gasteiger partial charge in [-0.2, -0.15) is 0 Å². The number of nitrogens with zero attached hydrogens (tertiary/aromatic N) is 1. The van der Waals surface area contributed by atoms with E-state index in [0.29, 0.717) is 27.9 Å². The fourth-order valence-electron chi connectivity index (χ4n) is 3.35. The van der Waals surface area contributed by atoms with Crippen LogP contribution < -0.4 is 14.4 Å². The van der Waals surface area contributed by atoms with E-state index in [9.17, 15) is 13.2 Å². The largest absolute Gasteiger partial charge is 0.455 e. The molecule has 1 amide bonds. The Kier molecular flexibility index (Phi) is 7.39. The lowest BCUT2D eigenvalue weighted by Crippen LogP contribution is -2.38. The SMILES string of the molecule is Cc1ccc(N(CC(=O)Nc2ccccc2Oc2ccccc2)S(=O)(=O)c2ccc(Cl)cc2)cc1. The van der Waals surface area contributed by atoms with Gasteiger partial charge in [-0.1, -0.05) is 59.6 Å². The highest BCUT2D eigenvalue weighted by Crippen LogP contribution is 2.30. The number of aryl methyl sites for hydroxylation is 1. The van der Waals surface area contributed by atoms with Crippen molar-refractivity contribution in [2.24, 2.45) is 0 Å². The zero-order valence-electron chi connectivity index (χ0n) is 18.9. The highest BCUT2D eigenvalue weighted by molar-refractivity contribution is 7.92. The molecule has 0 saturated carbocycles. The maximum absolute atomic E-state index is 13.5. The van der Waals surface area contributed by atoms with Gasteiger partial charge in [0, 0.05) is 5.02 Å². The first kappa shape index (κ1) is 24.3. The van der Waals surface area contributed by atoms with E-state index in [4.69, 9.17) is 16.3 Å². The van der Waals surface area contributed by atoms with Gasteiger partial charge >= 0.3 is 0 Å². The van der Waals surface area contributed by atoms with Crippen molar-refractivity contribution in [1.82, 2.24) is 0 Å². The average molecular weight is 507 g/mol. The summed E-state index contributed by atoms with van der Waals surface area (Å²) in [4.78, 5) is 13.1. The second kappa shape index (κ2) is 10.6. The molecular weight excluding hydrogens is 484 g/mol. The molecule has 4 aromatic rings. The Morgan fingerprint density at radius 1 is 0.857 bits per heavy atom. The molecule has 0 aliphatic heterocycles. The van der Waals surface area contributed by atoms with Crippen molar-refractivity contribution < 1.29 is 17.9 Å². The number of rotatable bonds is 8. The quantitative estimate of drug-likeness (QED) is 0.305. The van der Waals surface area contributed by atoms with Gasteiger partial charge in [-0.05, 0) is 67.6 Å². The number of anilines is 2. The van der Waals surface area contributed by atoms with Gasteiger partial charge in [0.15, 0.2) is 5.75 Å². The lowest BCUT2D eigenvalue weighted by molar-refractivity contribution is -0.114. The molecule has 0 unspecified atom stereocenters. The van der Waals surface area contributed by atoms with Crippen molar-refractivity contribution in [3.8, 4) is 11.5 Å². The Bertz CT molecular complexity index is 1410. The van der Waals surface area contributed by atoms with Crippen molar-refractivity contribution >= 4 is 38.9 Å². The minimum atomic E-state index is -4.05. The molecule has 0 heterocycles. The summed E-state index contributed by atoms with van der Waals surface area (Å²) in [6.45, 7) is 1.46. The molecule has 4 rings (SSSR count). The minimum Gasteiger partial charge on any atom is -0.455 e. The van der Waals surface area contributed by atoms with E-state index in [2.05, 4.69) is 5.32 Å². The Morgan fingerprint density at radius 3 is 2.17 bits per heavy atom. The molecule has 0 saturated heterocycles. The predicted octanol–water partition coefficient (Wildman–Crippen LogP) is 6.27. The van der Waals surface area contributed by atoms with Crippen LogP contribution in [0.4, 0.5) is 11.4 Å². The molecule has 178 valence electrons. The number of para-hydroxylation sites is 3. The lowest BCUT2D eigenvalue weighted by Gasteiger charge is -2.24. The van der Waals surface area contributed by atoms with Crippen molar-refractivity contribution in [2.45, 2.75) is 11.8 Å².